The Balaban J connectivity index is 2.44. The summed E-state index contributed by atoms with van der Waals surface area (Å²) in [5.74, 6) is -0.410. The van der Waals surface area contributed by atoms with Gasteiger partial charge in [-0.25, -0.2) is 0 Å². The first-order valence-electron chi connectivity index (χ1n) is 5.78. The molecule has 0 aliphatic heterocycles. The zero-order valence-electron chi connectivity index (χ0n) is 10.8. The number of anilines is 2. The molecule has 5 nitrogen and oxygen atoms in total. The van der Waals surface area contributed by atoms with Gasteiger partial charge in [0.2, 0.25) is 5.91 Å². The van der Waals surface area contributed by atoms with Gasteiger partial charge in [0.15, 0.2) is 0 Å². The second-order valence-electron chi connectivity index (χ2n) is 4.15. The predicted octanol–water partition coefficient (Wildman–Crippen LogP) is 2.01. The van der Waals surface area contributed by atoms with Crippen molar-refractivity contribution in [1.29, 1.82) is 0 Å². The van der Waals surface area contributed by atoms with Crippen LogP contribution in [0.4, 0.5) is 11.4 Å². The van der Waals surface area contributed by atoms with Crippen LogP contribution in [0.25, 0.3) is 0 Å². The maximum absolute atomic E-state index is 11.3. The minimum atomic E-state index is -0.295. The molecule has 18 heavy (non-hydrogen) atoms. The van der Waals surface area contributed by atoms with E-state index in [9.17, 15) is 9.59 Å². The molecule has 0 aromatic heterocycles. The molecular formula is C13H18N2O3. The minimum Gasteiger partial charge on any atom is -0.462 e. The Hall–Kier alpha value is -2.04. The number of amides is 1. The van der Waals surface area contributed by atoms with Crippen LogP contribution >= 0.6 is 0 Å². The van der Waals surface area contributed by atoms with E-state index < -0.39 is 0 Å². The minimum absolute atomic E-state index is 0.110. The fourth-order valence-electron chi connectivity index (χ4n) is 1.35. The van der Waals surface area contributed by atoms with E-state index in [0.29, 0.717) is 0 Å². The van der Waals surface area contributed by atoms with E-state index in [1.807, 2.05) is 0 Å². The largest absolute Gasteiger partial charge is 0.462 e. The van der Waals surface area contributed by atoms with Crippen LogP contribution < -0.4 is 10.6 Å². The lowest BCUT2D eigenvalue weighted by Crippen LogP contribution is -2.20. The zero-order valence-corrected chi connectivity index (χ0v) is 10.8. The first kappa shape index (κ1) is 14.0. The van der Waals surface area contributed by atoms with Gasteiger partial charge >= 0.3 is 5.97 Å². The molecule has 0 saturated carbocycles. The Kier molecular flexibility index (Phi) is 5.17. The maximum Gasteiger partial charge on any atom is 0.325 e. The van der Waals surface area contributed by atoms with Crippen molar-refractivity contribution in [1.82, 2.24) is 0 Å². The molecule has 0 atom stereocenters. The molecule has 0 aliphatic carbocycles. The van der Waals surface area contributed by atoms with Gasteiger partial charge in [0.05, 0.1) is 6.10 Å². The summed E-state index contributed by atoms with van der Waals surface area (Å²) in [7, 11) is 0. The molecule has 0 fully saturated rings. The van der Waals surface area contributed by atoms with E-state index in [2.05, 4.69) is 10.6 Å². The van der Waals surface area contributed by atoms with Gasteiger partial charge in [0.1, 0.15) is 6.54 Å². The average Bonchev–Trinajstić information content (AvgIpc) is 2.26. The predicted molar refractivity (Wildman–Crippen MR) is 70.5 cm³/mol. The lowest BCUT2D eigenvalue weighted by molar-refractivity contribution is -0.145. The zero-order chi connectivity index (χ0) is 13.5. The molecule has 1 aromatic rings. The monoisotopic (exact) mass is 250 g/mol. The normalized spacial score (nSPS) is 10.0. The Bertz CT molecular complexity index is 413. The lowest BCUT2D eigenvalue weighted by atomic mass is 10.2. The molecule has 0 heterocycles. The molecule has 2 N–H and O–H groups in total. The SMILES string of the molecule is CC(=O)Nc1ccc(NCC(=O)OC(C)C)cc1. The van der Waals surface area contributed by atoms with Crippen LogP contribution in [-0.2, 0) is 14.3 Å². The van der Waals surface area contributed by atoms with Gasteiger partial charge in [-0.1, -0.05) is 0 Å². The number of benzene rings is 1. The number of rotatable bonds is 5. The quantitative estimate of drug-likeness (QED) is 0.784. The summed E-state index contributed by atoms with van der Waals surface area (Å²) in [5, 5.41) is 5.61. The molecule has 0 aliphatic rings. The Morgan fingerprint density at radius 3 is 2.22 bits per heavy atom. The van der Waals surface area contributed by atoms with Crippen molar-refractivity contribution in [3.05, 3.63) is 24.3 Å². The molecule has 1 rings (SSSR count). The highest BCUT2D eigenvalue weighted by Crippen LogP contribution is 2.13. The second kappa shape index (κ2) is 6.64. The molecule has 0 spiro atoms. The van der Waals surface area contributed by atoms with Gasteiger partial charge in [0.25, 0.3) is 0 Å². The van der Waals surface area contributed by atoms with Crippen molar-refractivity contribution < 1.29 is 14.3 Å². The Morgan fingerprint density at radius 2 is 1.72 bits per heavy atom. The molecule has 1 aromatic carbocycles. The van der Waals surface area contributed by atoms with Crippen molar-refractivity contribution in [2.75, 3.05) is 17.2 Å². The summed E-state index contributed by atoms with van der Waals surface area (Å²) in [5.41, 5.74) is 1.52. The first-order chi connectivity index (χ1) is 8.47. The Labute approximate surface area is 107 Å². The van der Waals surface area contributed by atoms with Crippen LogP contribution in [0.2, 0.25) is 0 Å². The van der Waals surface area contributed by atoms with Crippen molar-refractivity contribution in [3.63, 3.8) is 0 Å². The molecule has 1 amide bonds. The van der Waals surface area contributed by atoms with Crippen molar-refractivity contribution in [2.24, 2.45) is 0 Å². The smallest absolute Gasteiger partial charge is 0.325 e. The van der Waals surface area contributed by atoms with Crippen LogP contribution in [0.3, 0.4) is 0 Å². The van der Waals surface area contributed by atoms with Crippen LogP contribution in [-0.4, -0.2) is 24.5 Å². The average molecular weight is 250 g/mol. The topological polar surface area (TPSA) is 67.4 Å². The van der Waals surface area contributed by atoms with Crippen LogP contribution in [0.5, 0.6) is 0 Å². The van der Waals surface area contributed by atoms with Crippen LogP contribution in [0.1, 0.15) is 20.8 Å². The molecule has 98 valence electrons. The van der Waals surface area contributed by atoms with Crippen molar-refractivity contribution >= 4 is 23.3 Å². The summed E-state index contributed by atoms with van der Waals surface area (Å²) >= 11 is 0. The lowest BCUT2D eigenvalue weighted by Gasteiger charge is -2.10. The third kappa shape index (κ3) is 5.34. The van der Waals surface area contributed by atoms with E-state index in [1.165, 1.54) is 6.92 Å². The van der Waals surface area contributed by atoms with Crippen molar-refractivity contribution in [3.8, 4) is 0 Å². The highest BCUT2D eigenvalue weighted by Gasteiger charge is 2.04. The summed E-state index contributed by atoms with van der Waals surface area (Å²) in [6, 6.07) is 7.09. The van der Waals surface area contributed by atoms with Crippen LogP contribution in [0.15, 0.2) is 24.3 Å². The van der Waals surface area contributed by atoms with E-state index in [1.54, 1.807) is 38.1 Å². The number of hydrogen-bond acceptors (Lipinski definition) is 4. The molecule has 5 heteroatoms. The van der Waals surface area contributed by atoms with Crippen molar-refractivity contribution in [2.45, 2.75) is 26.9 Å². The number of ether oxygens (including phenoxy) is 1. The molecule has 0 bridgehead atoms. The van der Waals surface area contributed by atoms with E-state index >= 15 is 0 Å². The number of carbonyl (C=O) groups is 2. The van der Waals surface area contributed by atoms with Gasteiger partial charge in [-0.2, -0.15) is 0 Å². The highest BCUT2D eigenvalue weighted by molar-refractivity contribution is 5.88. The van der Waals surface area contributed by atoms with Gasteiger partial charge in [-0.15, -0.1) is 0 Å². The summed E-state index contributed by atoms with van der Waals surface area (Å²) in [6.07, 6.45) is -0.110. The molecule has 0 radical (unpaired) electrons. The third-order valence-electron chi connectivity index (χ3n) is 2.01. The number of nitrogens with one attached hydrogen (secondary N) is 2. The number of hydrogen-bond donors (Lipinski definition) is 2. The number of esters is 1. The first-order valence-corrected chi connectivity index (χ1v) is 5.78. The molecular weight excluding hydrogens is 232 g/mol. The van der Waals surface area contributed by atoms with Crippen LogP contribution in [0, 0.1) is 0 Å². The van der Waals surface area contributed by atoms with E-state index in [4.69, 9.17) is 4.74 Å². The summed E-state index contributed by atoms with van der Waals surface area (Å²) in [4.78, 5) is 22.1. The second-order valence-corrected chi connectivity index (χ2v) is 4.15. The summed E-state index contributed by atoms with van der Waals surface area (Å²) in [6.45, 7) is 5.19. The fraction of sp³-hybridized carbons (Fsp3) is 0.385. The summed E-state index contributed by atoms with van der Waals surface area (Å²) < 4.78 is 4.99. The Morgan fingerprint density at radius 1 is 1.17 bits per heavy atom. The fourth-order valence-corrected chi connectivity index (χ4v) is 1.35. The van der Waals surface area contributed by atoms with E-state index in [0.717, 1.165) is 11.4 Å². The van der Waals surface area contributed by atoms with Gasteiger partial charge in [-0.05, 0) is 38.1 Å². The molecule has 0 unspecified atom stereocenters. The van der Waals surface area contributed by atoms with Gasteiger partial charge in [0, 0.05) is 18.3 Å². The highest BCUT2D eigenvalue weighted by atomic mass is 16.5. The van der Waals surface area contributed by atoms with Gasteiger partial charge < -0.3 is 15.4 Å². The standard InChI is InChI=1S/C13H18N2O3/c1-9(2)18-13(17)8-14-11-4-6-12(7-5-11)15-10(3)16/h4-7,9,14H,8H2,1-3H3,(H,15,16). The van der Waals surface area contributed by atoms with Gasteiger partial charge in [-0.3, -0.25) is 9.59 Å². The van der Waals surface area contributed by atoms with E-state index in [-0.39, 0.29) is 24.5 Å². The third-order valence-corrected chi connectivity index (χ3v) is 2.01. The number of carbonyl (C=O) groups excluding carboxylic acids is 2. The molecule has 0 saturated heterocycles. The maximum atomic E-state index is 11.3.